The number of thioether (sulfide) groups is 1. The van der Waals surface area contributed by atoms with Crippen molar-refractivity contribution in [2.24, 2.45) is 4.99 Å². The van der Waals surface area contributed by atoms with E-state index in [-0.39, 0.29) is 22.5 Å². The number of aromatic nitrogens is 4. The fourth-order valence-electron chi connectivity index (χ4n) is 4.60. The average Bonchev–Trinajstić information content (AvgIpc) is 3.38. The summed E-state index contributed by atoms with van der Waals surface area (Å²) in [5, 5.41) is 11.2. The molecule has 32 heavy (non-hydrogen) atoms. The summed E-state index contributed by atoms with van der Waals surface area (Å²) in [4.78, 5) is 18.0. The van der Waals surface area contributed by atoms with Crippen LogP contribution in [0.5, 0.6) is 5.75 Å². The molecule has 8 nitrogen and oxygen atoms in total. The summed E-state index contributed by atoms with van der Waals surface area (Å²) in [7, 11) is 1.65. The first-order chi connectivity index (χ1) is 15.4. The zero-order valence-corrected chi connectivity index (χ0v) is 19.5. The van der Waals surface area contributed by atoms with Crippen LogP contribution in [0.25, 0.3) is 11.3 Å². The number of methoxy groups -OCH3 is 1. The summed E-state index contributed by atoms with van der Waals surface area (Å²) in [6.45, 7) is 6.83. The van der Waals surface area contributed by atoms with E-state index in [0.29, 0.717) is 12.2 Å². The predicted molar refractivity (Wildman–Crippen MR) is 126 cm³/mol. The number of ether oxygens (including phenoxy) is 2. The lowest BCUT2D eigenvalue weighted by molar-refractivity contribution is -0.0705. The second-order valence-electron chi connectivity index (χ2n) is 8.86. The molecule has 2 N–H and O–H groups in total. The molecule has 4 heterocycles. The third-order valence-corrected chi connectivity index (χ3v) is 7.27. The molecule has 0 unspecified atom stereocenters. The maximum absolute atomic E-state index is 13.2. The van der Waals surface area contributed by atoms with Gasteiger partial charge in [0.25, 0.3) is 5.56 Å². The zero-order chi connectivity index (χ0) is 22.5. The minimum absolute atomic E-state index is 0.0973. The molecule has 5 rings (SSSR count). The number of aromatic amines is 2. The van der Waals surface area contributed by atoms with Crippen LogP contribution in [0, 0.1) is 0 Å². The van der Waals surface area contributed by atoms with Crippen molar-refractivity contribution in [2.45, 2.75) is 50.5 Å². The molecule has 0 saturated carbocycles. The van der Waals surface area contributed by atoms with Crippen molar-refractivity contribution in [1.82, 2.24) is 20.0 Å². The van der Waals surface area contributed by atoms with Gasteiger partial charge in [-0.1, -0.05) is 11.8 Å². The van der Waals surface area contributed by atoms with Crippen molar-refractivity contribution in [2.75, 3.05) is 13.7 Å². The highest BCUT2D eigenvalue weighted by Crippen LogP contribution is 2.47. The smallest absolute Gasteiger partial charge is 0.271 e. The first-order valence-corrected chi connectivity index (χ1v) is 11.6. The van der Waals surface area contributed by atoms with Crippen LogP contribution in [0.4, 0.5) is 5.82 Å². The molecule has 0 radical (unpaired) electrons. The van der Waals surface area contributed by atoms with Gasteiger partial charge in [-0.2, -0.15) is 5.10 Å². The third-order valence-electron chi connectivity index (χ3n) is 6.12. The van der Waals surface area contributed by atoms with E-state index < -0.39 is 0 Å². The van der Waals surface area contributed by atoms with Crippen LogP contribution in [-0.2, 0) is 4.74 Å². The second kappa shape index (κ2) is 7.97. The Morgan fingerprint density at radius 3 is 2.78 bits per heavy atom. The molecule has 2 aromatic heterocycles. The molecule has 168 valence electrons. The molecule has 0 amide bonds. The fraction of sp³-hybridized carbons (Fsp3) is 0.435. The van der Waals surface area contributed by atoms with Crippen molar-refractivity contribution < 1.29 is 9.47 Å². The number of hydrogen-bond donors (Lipinski definition) is 2. The van der Waals surface area contributed by atoms with Gasteiger partial charge in [0.1, 0.15) is 5.75 Å². The normalized spacial score (nSPS) is 22.3. The van der Waals surface area contributed by atoms with Gasteiger partial charge in [0.05, 0.1) is 46.5 Å². The van der Waals surface area contributed by atoms with E-state index in [1.807, 2.05) is 42.1 Å². The lowest BCUT2D eigenvalue weighted by Crippen LogP contribution is -2.35. The number of hydrogen-bond acceptors (Lipinski definition) is 6. The fourth-order valence-corrected chi connectivity index (χ4v) is 5.71. The molecule has 0 spiro atoms. The Balaban J connectivity index is 1.57. The van der Waals surface area contributed by atoms with Gasteiger partial charge in [-0.05, 0) is 57.9 Å². The Morgan fingerprint density at radius 2 is 2.06 bits per heavy atom. The lowest BCUT2D eigenvalue weighted by Gasteiger charge is -2.36. The molecule has 1 fully saturated rings. The Hall–Kier alpha value is -2.78. The maximum Gasteiger partial charge on any atom is 0.271 e. The van der Waals surface area contributed by atoms with Gasteiger partial charge in [0, 0.05) is 17.7 Å². The van der Waals surface area contributed by atoms with E-state index in [4.69, 9.17) is 14.5 Å². The van der Waals surface area contributed by atoms with Gasteiger partial charge in [0.15, 0.2) is 5.82 Å². The maximum atomic E-state index is 13.2. The highest BCUT2D eigenvalue weighted by molar-refractivity contribution is 8.14. The molecule has 2 aliphatic rings. The number of benzene rings is 1. The van der Waals surface area contributed by atoms with Crippen molar-refractivity contribution >= 4 is 22.6 Å². The van der Waals surface area contributed by atoms with Crippen LogP contribution < -0.4 is 10.3 Å². The van der Waals surface area contributed by atoms with Crippen LogP contribution in [0.1, 0.15) is 56.0 Å². The number of rotatable bonds is 4. The summed E-state index contributed by atoms with van der Waals surface area (Å²) in [6.07, 6.45) is 3.48. The highest BCUT2D eigenvalue weighted by Gasteiger charge is 2.36. The quantitative estimate of drug-likeness (QED) is 0.602. The molecule has 9 heteroatoms. The van der Waals surface area contributed by atoms with E-state index >= 15 is 0 Å². The van der Waals surface area contributed by atoms with Crippen LogP contribution >= 0.6 is 11.8 Å². The van der Waals surface area contributed by atoms with Crippen LogP contribution in [0.3, 0.4) is 0 Å². The first-order valence-electron chi connectivity index (χ1n) is 10.7. The van der Waals surface area contributed by atoms with Gasteiger partial charge in [-0.25, -0.2) is 4.99 Å². The van der Waals surface area contributed by atoms with Gasteiger partial charge < -0.3 is 9.47 Å². The molecular weight excluding hydrogens is 426 g/mol. The van der Waals surface area contributed by atoms with E-state index in [0.717, 1.165) is 46.3 Å². The van der Waals surface area contributed by atoms with Crippen LogP contribution in [0.2, 0.25) is 0 Å². The summed E-state index contributed by atoms with van der Waals surface area (Å²) in [5.41, 5.74) is 3.20. The Morgan fingerprint density at radius 1 is 1.28 bits per heavy atom. The van der Waals surface area contributed by atoms with Gasteiger partial charge in [-0.3, -0.25) is 19.7 Å². The Kier molecular flexibility index (Phi) is 5.25. The number of H-pyrrole nitrogens is 2. The Labute approximate surface area is 190 Å². The minimum atomic E-state index is -0.232. The van der Waals surface area contributed by atoms with Gasteiger partial charge in [0.2, 0.25) is 0 Å². The number of fused-ring (bicyclic) bond motifs is 1. The van der Waals surface area contributed by atoms with Gasteiger partial charge >= 0.3 is 0 Å². The van der Waals surface area contributed by atoms with Crippen LogP contribution in [0.15, 0.2) is 40.2 Å². The molecule has 0 bridgehead atoms. The SMILES string of the molecule is COc1ccc(-c2[nH]ncc2[C@H]2SC(C)=Nc3c2c(=O)[nH]n3[C@@H]2CCOC(C)(C)C2)cc1. The van der Waals surface area contributed by atoms with Crippen molar-refractivity contribution in [3.8, 4) is 17.0 Å². The summed E-state index contributed by atoms with van der Waals surface area (Å²) in [5.74, 6) is 1.51. The van der Waals surface area contributed by atoms with Crippen molar-refractivity contribution in [1.29, 1.82) is 0 Å². The largest absolute Gasteiger partial charge is 0.497 e. The predicted octanol–water partition coefficient (Wildman–Crippen LogP) is 4.59. The molecular formula is C23H27N5O3S. The highest BCUT2D eigenvalue weighted by atomic mass is 32.2. The van der Waals surface area contributed by atoms with E-state index in [9.17, 15) is 4.79 Å². The Bertz CT molecular complexity index is 1220. The topological polar surface area (TPSA) is 97.3 Å². The van der Waals surface area contributed by atoms with Crippen LogP contribution in [-0.4, -0.2) is 44.3 Å². The molecule has 2 atom stereocenters. The number of nitrogens with zero attached hydrogens (tertiary/aromatic N) is 3. The number of nitrogens with one attached hydrogen (secondary N) is 2. The third kappa shape index (κ3) is 3.69. The first kappa shape index (κ1) is 21.1. The van der Waals surface area contributed by atoms with Gasteiger partial charge in [-0.15, -0.1) is 0 Å². The molecule has 1 saturated heterocycles. The zero-order valence-electron chi connectivity index (χ0n) is 18.6. The van der Waals surface area contributed by atoms with E-state index in [2.05, 4.69) is 29.1 Å². The standard InChI is InChI=1S/C23H27N5O3S/c1-13-25-21-18(22(29)27-28(21)15-9-10-31-23(2,3)11-15)20(32-13)17-12-24-26-19(17)14-5-7-16(30-4)8-6-14/h5-8,12,15,20H,9-11H2,1-4H3,(H,24,26)(H,27,29)/t15-,20-/m1/s1. The van der Waals surface area contributed by atoms with Crippen molar-refractivity contribution in [3.05, 3.63) is 51.9 Å². The minimum Gasteiger partial charge on any atom is -0.497 e. The summed E-state index contributed by atoms with van der Waals surface area (Å²) < 4.78 is 13.1. The molecule has 2 aliphatic heterocycles. The van der Waals surface area contributed by atoms with Crippen molar-refractivity contribution in [3.63, 3.8) is 0 Å². The molecule has 3 aromatic rings. The molecule has 0 aliphatic carbocycles. The summed E-state index contributed by atoms with van der Waals surface area (Å²) in [6, 6.07) is 7.96. The monoisotopic (exact) mass is 453 g/mol. The molecule has 1 aromatic carbocycles. The van der Waals surface area contributed by atoms with E-state index in [1.165, 1.54) is 0 Å². The second-order valence-corrected chi connectivity index (χ2v) is 10.2. The lowest BCUT2D eigenvalue weighted by atomic mass is 9.94. The average molecular weight is 454 g/mol. The number of aliphatic imine (C=N–C) groups is 1. The van der Waals surface area contributed by atoms with E-state index in [1.54, 1.807) is 18.9 Å². The summed E-state index contributed by atoms with van der Waals surface area (Å²) >= 11 is 1.58.